The average Bonchev–Trinajstić information content (AvgIpc) is 3.27. The Morgan fingerprint density at radius 1 is 1.08 bits per heavy atom. The SMILES string of the molecule is COc1ccc2cc3n(c2c1)C[C@](C)(C(=O)NCCCN1C[C@H](C)C[C@H](C)C1)N(Cc1ccc(C)cc1)C3=O. The number of carbonyl (C=O) groups is 2. The highest BCUT2D eigenvalue weighted by atomic mass is 16.5. The lowest BCUT2D eigenvalue weighted by molar-refractivity contribution is -0.133. The van der Waals surface area contributed by atoms with Crippen LogP contribution in [0.2, 0.25) is 0 Å². The monoisotopic (exact) mass is 530 g/mol. The maximum absolute atomic E-state index is 14.0. The summed E-state index contributed by atoms with van der Waals surface area (Å²) < 4.78 is 7.44. The van der Waals surface area contributed by atoms with E-state index in [0.29, 0.717) is 25.3 Å². The molecule has 1 N–H and O–H groups in total. The summed E-state index contributed by atoms with van der Waals surface area (Å²) in [6.07, 6.45) is 2.18. The predicted octanol–water partition coefficient (Wildman–Crippen LogP) is 4.86. The van der Waals surface area contributed by atoms with E-state index in [1.165, 1.54) is 6.42 Å². The molecule has 0 aliphatic carbocycles. The molecule has 5 rings (SSSR count). The highest BCUT2D eigenvalue weighted by molar-refractivity contribution is 6.03. The van der Waals surface area contributed by atoms with Crippen molar-refractivity contribution in [1.29, 1.82) is 0 Å². The first-order chi connectivity index (χ1) is 18.7. The molecule has 3 atom stereocenters. The molecule has 3 heterocycles. The number of ether oxygens (including phenoxy) is 1. The van der Waals surface area contributed by atoms with Gasteiger partial charge in [-0.25, -0.2) is 0 Å². The fourth-order valence-corrected chi connectivity index (χ4v) is 6.45. The summed E-state index contributed by atoms with van der Waals surface area (Å²) in [5.41, 5.74) is 2.63. The van der Waals surface area contributed by atoms with Crippen LogP contribution < -0.4 is 10.1 Å². The molecule has 1 aromatic heterocycles. The molecule has 0 radical (unpaired) electrons. The number of nitrogens with zero attached hydrogens (tertiary/aromatic N) is 3. The van der Waals surface area contributed by atoms with Crippen molar-refractivity contribution in [1.82, 2.24) is 19.7 Å². The second-order valence-electron chi connectivity index (χ2n) is 12.0. The lowest BCUT2D eigenvalue weighted by Gasteiger charge is -2.44. The van der Waals surface area contributed by atoms with Crippen molar-refractivity contribution in [3.05, 3.63) is 65.4 Å². The van der Waals surface area contributed by atoms with Crippen LogP contribution >= 0.6 is 0 Å². The van der Waals surface area contributed by atoms with Gasteiger partial charge < -0.3 is 24.4 Å². The molecule has 3 aromatic rings. The van der Waals surface area contributed by atoms with Gasteiger partial charge in [0.05, 0.1) is 19.2 Å². The second-order valence-corrected chi connectivity index (χ2v) is 12.0. The molecular formula is C32H42N4O3. The Hall–Kier alpha value is -3.32. The van der Waals surface area contributed by atoms with E-state index in [1.54, 1.807) is 12.0 Å². The molecule has 1 fully saturated rings. The van der Waals surface area contributed by atoms with Crippen molar-refractivity contribution in [2.45, 2.75) is 59.2 Å². The number of carbonyl (C=O) groups excluding carboxylic acids is 2. The van der Waals surface area contributed by atoms with E-state index >= 15 is 0 Å². The lowest BCUT2D eigenvalue weighted by atomic mass is 9.92. The Kier molecular flexibility index (Phi) is 7.72. The minimum absolute atomic E-state index is 0.112. The van der Waals surface area contributed by atoms with Gasteiger partial charge in [-0.05, 0) is 68.8 Å². The van der Waals surface area contributed by atoms with Crippen molar-refractivity contribution in [2.75, 3.05) is 33.3 Å². The number of nitrogens with one attached hydrogen (secondary N) is 1. The van der Waals surface area contributed by atoms with Crippen LogP contribution in [0.25, 0.3) is 10.9 Å². The van der Waals surface area contributed by atoms with Gasteiger partial charge >= 0.3 is 0 Å². The number of likely N-dealkylation sites (tertiary alicyclic amines) is 1. The molecule has 7 heteroatoms. The molecule has 2 aromatic carbocycles. The van der Waals surface area contributed by atoms with E-state index in [4.69, 9.17) is 4.74 Å². The molecule has 1 saturated heterocycles. The van der Waals surface area contributed by atoms with Crippen LogP contribution in [0.1, 0.15) is 55.2 Å². The van der Waals surface area contributed by atoms with Crippen LogP contribution in [-0.2, 0) is 17.9 Å². The molecule has 7 nitrogen and oxygen atoms in total. The zero-order valence-electron chi connectivity index (χ0n) is 24.0. The lowest BCUT2D eigenvalue weighted by Crippen LogP contribution is -2.63. The van der Waals surface area contributed by atoms with Crippen LogP contribution in [0.4, 0.5) is 0 Å². The van der Waals surface area contributed by atoms with Crippen molar-refractivity contribution >= 4 is 22.7 Å². The Morgan fingerprint density at radius 2 is 1.79 bits per heavy atom. The number of rotatable bonds is 8. The number of methoxy groups -OCH3 is 1. The highest BCUT2D eigenvalue weighted by Crippen LogP contribution is 2.35. The van der Waals surface area contributed by atoms with Gasteiger partial charge in [0.15, 0.2) is 0 Å². The van der Waals surface area contributed by atoms with Gasteiger partial charge in [-0.3, -0.25) is 9.59 Å². The van der Waals surface area contributed by atoms with Gasteiger partial charge in [0.1, 0.15) is 17.0 Å². The van der Waals surface area contributed by atoms with Crippen molar-refractivity contribution in [3.8, 4) is 5.75 Å². The van der Waals surface area contributed by atoms with Gasteiger partial charge in [0.25, 0.3) is 5.91 Å². The van der Waals surface area contributed by atoms with Crippen molar-refractivity contribution in [3.63, 3.8) is 0 Å². The number of amides is 2. The minimum atomic E-state index is -1.04. The zero-order valence-corrected chi connectivity index (χ0v) is 24.0. The predicted molar refractivity (Wildman–Crippen MR) is 155 cm³/mol. The van der Waals surface area contributed by atoms with Gasteiger partial charge in [0.2, 0.25) is 5.91 Å². The third-order valence-electron chi connectivity index (χ3n) is 8.47. The largest absolute Gasteiger partial charge is 0.497 e. The van der Waals surface area contributed by atoms with Crippen molar-refractivity contribution < 1.29 is 14.3 Å². The summed E-state index contributed by atoms with van der Waals surface area (Å²) in [6, 6.07) is 15.9. The van der Waals surface area contributed by atoms with Crippen LogP contribution in [0, 0.1) is 18.8 Å². The topological polar surface area (TPSA) is 66.8 Å². The third kappa shape index (κ3) is 5.55. The van der Waals surface area contributed by atoms with E-state index in [0.717, 1.165) is 65.7 Å². The maximum atomic E-state index is 14.0. The summed E-state index contributed by atoms with van der Waals surface area (Å²) in [5.74, 6) is 1.92. The molecule has 0 unspecified atom stereocenters. The minimum Gasteiger partial charge on any atom is -0.497 e. The number of aromatic nitrogens is 1. The second kappa shape index (κ2) is 11.0. The molecule has 0 bridgehead atoms. The van der Waals surface area contributed by atoms with Crippen LogP contribution in [0.3, 0.4) is 0 Å². The Morgan fingerprint density at radius 3 is 2.49 bits per heavy atom. The van der Waals surface area contributed by atoms with Gasteiger partial charge in [-0.1, -0.05) is 43.7 Å². The number of benzene rings is 2. The Labute approximate surface area is 232 Å². The number of aryl methyl sites for hydroxylation is 1. The van der Waals surface area contributed by atoms with Gasteiger partial charge in [-0.2, -0.15) is 0 Å². The number of fused-ring (bicyclic) bond motifs is 3. The van der Waals surface area contributed by atoms with E-state index in [2.05, 4.69) is 24.1 Å². The first-order valence-electron chi connectivity index (χ1n) is 14.2. The number of hydrogen-bond donors (Lipinski definition) is 1. The van der Waals surface area contributed by atoms with Gasteiger partial charge in [-0.15, -0.1) is 0 Å². The smallest absolute Gasteiger partial charge is 0.271 e. The summed E-state index contributed by atoms with van der Waals surface area (Å²) in [6.45, 7) is 13.2. The Bertz CT molecular complexity index is 1340. The molecule has 2 aliphatic rings. The Balaban J connectivity index is 1.38. The van der Waals surface area contributed by atoms with E-state index < -0.39 is 5.54 Å². The van der Waals surface area contributed by atoms with E-state index in [1.807, 2.05) is 66.9 Å². The summed E-state index contributed by atoms with van der Waals surface area (Å²) in [7, 11) is 1.64. The fraction of sp³-hybridized carbons (Fsp3) is 0.500. The van der Waals surface area contributed by atoms with Crippen LogP contribution in [0.15, 0.2) is 48.5 Å². The normalized spacial score (nSPS) is 23.6. The maximum Gasteiger partial charge on any atom is 0.271 e. The molecule has 0 spiro atoms. The standard InChI is InChI=1S/C32H42N4O3/c1-22-7-9-25(10-8-22)20-36-30(37)29-16-26-11-12-27(39-5)17-28(26)35(29)21-32(36,4)31(38)33-13-6-14-34-18-23(2)15-24(3)19-34/h7-12,16-17,23-24H,6,13-15,18-21H2,1-5H3,(H,33,38)/t23-,24+,32-/m1/s1. The molecule has 208 valence electrons. The van der Waals surface area contributed by atoms with E-state index in [-0.39, 0.29) is 11.8 Å². The summed E-state index contributed by atoms with van der Waals surface area (Å²) >= 11 is 0. The van der Waals surface area contributed by atoms with Crippen LogP contribution in [0.5, 0.6) is 5.75 Å². The molecule has 2 aliphatic heterocycles. The fourth-order valence-electron chi connectivity index (χ4n) is 6.45. The van der Waals surface area contributed by atoms with Crippen LogP contribution in [-0.4, -0.2) is 65.0 Å². The zero-order chi connectivity index (χ0) is 27.7. The quantitative estimate of drug-likeness (QED) is 0.423. The number of piperidine rings is 1. The summed E-state index contributed by atoms with van der Waals surface area (Å²) in [4.78, 5) is 32.2. The molecular weight excluding hydrogens is 488 g/mol. The third-order valence-corrected chi connectivity index (χ3v) is 8.47. The first kappa shape index (κ1) is 27.3. The van der Waals surface area contributed by atoms with E-state index in [9.17, 15) is 9.59 Å². The van der Waals surface area contributed by atoms with Crippen molar-refractivity contribution in [2.24, 2.45) is 11.8 Å². The average molecular weight is 531 g/mol. The number of hydrogen-bond acceptors (Lipinski definition) is 4. The van der Waals surface area contributed by atoms with Gasteiger partial charge in [0, 0.05) is 37.6 Å². The molecule has 39 heavy (non-hydrogen) atoms. The molecule has 0 saturated carbocycles. The summed E-state index contributed by atoms with van der Waals surface area (Å²) in [5, 5.41) is 4.16. The first-order valence-corrected chi connectivity index (χ1v) is 14.2. The highest BCUT2D eigenvalue weighted by Gasteiger charge is 2.47. The molecule has 2 amide bonds.